The van der Waals surface area contributed by atoms with Crippen LogP contribution in [0.5, 0.6) is 0 Å². The molecule has 0 unspecified atom stereocenters. The van der Waals surface area contributed by atoms with Crippen LogP contribution in [0.2, 0.25) is 0 Å². The van der Waals surface area contributed by atoms with Gasteiger partial charge in [0.15, 0.2) is 0 Å². The molecule has 26 heavy (non-hydrogen) atoms. The highest BCUT2D eigenvalue weighted by molar-refractivity contribution is 7.09. The average molecular weight is 371 g/mol. The van der Waals surface area contributed by atoms with Crippen molar-refractivity contribution in [2.45, 2.75) is 6.42 Å². The zero-order valence-electron chi connectivity index (χ0n) is 13.5. The molecule has 1 aromatic heterocycles. The summed E-state index contributed by atoms with van der Waals surface area (Å²) in [5.41, 5.74) is 1.70. The molecule has 0 aliphatic rings. The summed E-state index contributed by atoms with van der Waals surface area (Å²) < 4.78 is 13.0. The maximum atomic E-state index is 13.0. The highest BCUT2D eigenvalue weighted by Gasteiger charge is 2.11. The number of carbonyl (C=O) groups excluding carboxylic acids is 1. The Bertz CT molecular complexity index is 941. The van der Waals surface area contributed by atoms with Gasteiger partial charge in [-0.1, -0.05) is 6.07 Å². The number of nitro benzene ring substituents is 1. The Morgan fingerprint density at radius 3 is 2.73 bits per heavy atom. The highest BCUT2D eigenvalue weighted by atomic mass is 32.1. The summed E-state index contributed by atoms with van der Waals surface area (Å²) in [4.78, 5) is 26.8. The molecule has 2 aromatic carbocycles. The third-order valence-electron chi connectivity index (χ3n) is 3.64. The minimum Gasteiger partial charge on any atom is -0.352 e. The van der Waals surface area contributed by atoms with Crippen LogP contribution in [0.15, 0.2) is 53.9 Å². The zero-order chi connectivity index (χ0) is 18.5. The Kier molecular flexibility index (Phi) is 5.33. The van der Waals surface area contributed by atoms with Gasteiger partial charge in [-0.2, -0.15) is 0 Å². The Morgan fingerprint density at radius 2 is 2.00 bits per heavy atom. The first kappa shape index (κ1) is 17.7. The lowest BCUT2D eigenvalue weighted by molar-refractivity contribution is -0.384. The zero-order valence-corrected chi connectivity index (χ0v) is 14.3. The number of amides is 1. The third kappa shape index (κ3) is 4.28. The van der Waals surface area contributed by atoms with Crippen LogP contribution in [0.3, 0.4) is 0 Å². The number of nitrogens with one attached hydrogen (secondary N) is 1. The summed E-state index contributed by atoms with van der Waals surface area (Å²) in [5, 5.41) is 16.2. The summed E-state index contributed by atoms with van der Waals surface area (Å²) in [6.45, 7) is 0.359. The van der Waals surface area contributed by atoms with Gasteiger partial charge in [-0.3, -0.25) is 14.9 Å². The van der Waals surface area contributed by atoms with Crippen LogP contribution in [0.4, 0.5) is 10.1 Å². The van der Waals surface area contributed by atoms with E-state index in [0.29, 0.717) is 13.0 Å². The van der Waals surface area contributed by atoms with Crippen molar-refractivity contribution in [1.82, 2.24) is 10.3 Å². The summed E-state index contributed by atoms with van der Waals surface area (Å²) in [7, 11) is 0. The predicted octanol–water partition coefficient (Wildman–Crippen LogP) is 3.83. The van der Waals surface area contributed by atoms with Gasteiger partial charge in [0.05, 0.1) is 15.6 Å². The number of rotatable bonds is 6. The maximum absolute atomic E-state index is 13.0. The number of hydrogen-bond donors (Lipinski definition) is 1. The van der Waals surface area contributed by atoms with E-state index < -0.39 is 4.92 Å². The molecule has 0 aliphatic carbocycles. The number of nitro groups is 1. The molecule has 132 valence electrons. The number of hydrogen-bond acceptors (Lipinski definition) is 5. The van der Waals surface area contributed by atoms with E-state index in [1.807, 2.05) is 5.38 Å². The number of thiazole rings is 1. The molecular weight excluding hydrogens is 357 g/mol. The molecule has 0 aliphatic heterocycles. The van der Waals surface area contributed by atoms with Gasteiger partial charge in [0, 0.05) is 41.6 Å². The minimum absolute atomic E-state index is 0.124. The fourth-order valence-corrected chi connectivity index (χ4v) is 3.13. The van der Waals surface area contributed by atoms with Gasteiger partial charge < -0.3 is 5.32 Å². The van der Waals surface area contributed by atoms with E-state index >= 15 is 0 Å². The molecule has 0 saturated carbocycles. The van der Waals surface area contributed by atoms with Crippen molar-refractivity contribution in [2.24, 2.45) is 0 Å². The topological polar surface area (TPSA) is 85.1 Å². The van der Waals surface area contributed by atoms with Gasteiger partial charge >= 0.3 is 0 Å². The van der Waals surface area contributed by atoms with E-state index in [2.05, 4.69) is 10.3 Å². The Balaban J connectivity index is 1.57. The lowest BCUT2D eigenvalue weighted by Crippen LogP contribution is -2.25. The molecule has 3 aromatic rings. The van der Waals surface area contributed by atoms with Crippen molar-refractivity contribution in [3.8, 4) is 11.3 Å². The monoisotopic (exact) mass is 371 g/mol. The quantitative estimate of drug-likeness (QED) is 0.527. The standard InChI is InChI=1S/C18H14FN3O3S/c19-14-6-4-12(5-7-14)16-11-26-17(21-16)8-9-20-18(23)13-2-1-3-15(10-13)22(24)25/h1-7,10-11H,8-9H2,(H,20,23). The molecule has 1 amide bonds. The van der Waals surface area contributed by atoms with E-state index in [4.69, 9.17) is 0 Å². The van der Waals surface area contributed by atoms with E-state index in [1.165, 1.54) is 47.7 Å². The molecule has 1 heterocycles. The average Bonchev–Trinajstić information content (AvgIpc) is 3.11. The first-order chi connectivity index (χ1) is 12.5. The molecule has 0 bridgehead atoms. The minimum atomic E-state index is -0.538. The van der Waals surface area contributed by atoms with Crippen LogP contribution in [0, 0.1) is 15.9 Å². The summed E-state index contributed by atoms with van der Waals surface area (Å²) in [6.07, 6.45) is 0.534. The van der Waals surface area contributed by atoms with Crippen LogP contribution in [0.1, 0.15) is 15.4 Å². The van der Waals surface area contributed by atoms with Crippen molar-refractivity contribution < 1.29 is 14.1 Å². The number of non-ortho nitro benzene ring substituents is 1. The summed E-state index contributed by atoms with van der Waals surface area (Å²) in [6, 6.07) is 11.7. The van der Waals surface area contributed by atoms with Crippen LogP contribution in [-0.4, -0.2) is 22.4 Å². The first-order valence-electron chi connectivity index (χ1n) is 7.76. The van der Waals surface area contributed by atoms with Crippen molar-refractivity contribution >= 4 is 22.9 Å². The van der Waals surface area contributed by atoms with E-state index in [9.17, 15) is 19.3 Å². The largest absolute Gasteiger partial charge is 0.352 e. The first-order valence-corrected chi connectivity index (χ1v) is 8.64. The fourth-order valence-electron chi connectivity index (χ4n) is 2.32. The fraction of sp³-hybridized carbons (Fsp3) is 0.111. The van der Waals surface area contributed by atoms with Gasteiger partial charge in [-0.15, -0.1) is 11.3 Å². The normalized spacial score (nSPS) is 10.5. The highest BCUT2D eigenvalue weighted by Crippen LogP contribution is 2.22. The van der Waals surface area contributed by atoms with Crippen LogP contribution >= 0.6 is 11.3 Å². The van der Waals surface area contributed by atoms with Crippen molar-refractivity contribution in [1.29, 1.82) is 0 Å². The number of aromatic nitrogens is 1. The molecule has 6 nitrogen and oxygen atoms in total. The number of benzene rings is 2. The van der Waals surface area contributed by atoms with Gasteiger partial charge in [0.2, 0.25) is 0 Å². The maximum Gasteiger partial charge on any atom is 0.270 e. The Hall–Kier alpha value is -3.13. The predicted molar refractivity (Wildman–Crippen MR) is 96.6 cm³/mol. The lowest BCUT2D eigenvalue weighted by atomic mass is 10.2. The molecular formula is C18H14FN3O3S. The Labute approximate surface area is 152 Å². The molecule has 0 spiro atoms. The smallest absolute Gasteiger partial charge is 0.270 e. The molecule has 0 radical (unpaired) electrons. The molecule has 0 atom stereocenters. The van der Waals surface area contributed by atoms with Gasteiger partial charge in [-0.25, -0.2) is 9.37 Å². The molecule has 8 heteroatoms. The van der Waals surface area contributed by atoms with E-state index in [1.54, 1.807) is 12.1 Å². The SMILES string of the molecule is O=C(NCCc1nc(-c2ccc(F)cc2)cs1)c1cccc([N+](=O)[O-])c1. The molecule has 0 saturated heterocycles. The molecule has 1 N–H and O–H groups in total. The van der Waals surface area contributed by atoms with Crippen LogP contribution < -0.4 is 5.32 Å². The second kappa shape index (κ2) is 7.83. The lowest BCUT2D eigenvalue weighted by Gasteiger charge is -2.04. The van der Waals surface area contributed by atoms with Gasteiger partial charge in [-0.05, 0) is 30.3 Å². The molecule has 3 rings (SSSR count). The summed E-state index contributed by atoms with van der Waals surface area (Å²) >= 11 is 1.46. The van der Waals surface area contributed by atoms with E-state index in [0.717, 1.165) is 16.3 Å². The number of carbonyl (C=O) groups is 1. The van der Waals surface area contributed by atoms with Crippen LogP contribution in [0.25, 0.3) is 11.3 Å². The number of halogens is 1. The molecule has 0 fully saturated rings. The van der Waals surface area contributed by atoms with Crippen molar-refractivity contribution in [3.63, 3.8) is 0 Å². The van der Waals surface area contributed by atoms with Gasteiger partial charge in [0.1, 0.15) is 5.82 Å². The second-order valence-corrected chi connectivity index (χ2v) is 6.39. The van der Waals surface area contributed by atoms with E-state index in [-0.39, 0.29) is 23.0 Å². The second-order valence-electron chi connectivity index (χ2n) is 5.45. The Morgan fingerprint density at radius 1 is 1.23 bits per heavy atom. The summed E-state index contributed by atoms with van der Waals surface area (Å²) in [5.74, 6) is -0.669. The third-order valence-corrected chi connectivity index (χ3v) is 4.54. The number of nitrogens with zero attached hydrogens (tertiary/aromatic N) is 2. The van der Waals surface area contributed by atoms with Gasteiger partial charge in [0.25, 0.3) is 11.6 Å². The van der Waals surface area contributed by atoms with Crippen molar-refractivity contribution in [3.05, 3.63) is 80.4 Å². The van der Waals surface area contributed by atoms with Crippen LogP contribution in [-0.2, 0) is 6.42 Å². The van der Waals surface area contributed by atoms with Crippen molar-refractivity contribution in [2.75, 3.05) is 6.54 Å².